The van der Waals surface area contributed by atoms with E-state index in [2.05, 4.69) is 5.10 Å². The van der Waals surface area contributed by atoms with Gasteiger partial charge in [-0.3, -0.25) is 5.41 Å². The van der Waals surface area contributed by atoms with Crippen LogP contribution in [0.2, 0.25) is 0 Å². The van der Waals surface area contributed by atoms with Crippen LogP contribution in [0.15, 0.2) is 35.4 Å². The normalized spacial score (nSPS) is 28.1. The maximum absolute atomic E-state index is 10.4. The molecule has 17 heavy (non-hydrogen) atoms. The molecule has 0 fully saturated rings. The molecule has 0 radical (unpaired) electrons. The third-order valence-electron chi connectivity index (χ3n) is 3.39. The molecule has 2 N–H and O–H groups in total. The molecule has 1 aliphatic heterocycles. The van der Waals surface area contributed by atoms with Crippen molar-refractivity contribution in [3.8, 4) is 0 Å². The van der Waals surface area contributed by atoms with E-state index in [1.165, 1.54) is 5.01 Å². The fourth-order valence-corrected chi connectivity index (χ4v) is 1.92. The van der Waals surface area contributed by atoms with Gasteiger partial charge in [-0.1, -0.05) is 37.3 Å². The van der Waals surface area contributed by atoms with Gasteiger partial charge >= 0.3 is 0 Å². The zero-order valence-electron chi connectivity index (χ0n) is 10.3. The minimum atomic E-state index is -1.13. The highest BCUT2D eigenvalue weighted by Gasteiger charge is 2.43. The van der Waals surface area contributed by atoms with Gasteiger partial charge in [-0.15, -0.1) is 0 Å². The summed E-state index contributed by atoms with van der Waals surface area (Å²) in [6.07, 6.45) is 0. The molecular formula is C13H17N3O. The van der Waals surface area contributed by atoms with Gasteiger partial charge < -0.3 is 5.11 Å². The second kappa shape index (κ2) is 3.96. The second-order valence-electron chi connectivity index (χ2n) is 4.58. The fraction of sp³-hybridized carbons (Fsp3) is 0.385. The van der Waals surface area contributed by atoms with Gasteiger partial charge in [0.15, 0.2) is 11.6 Å². The Hall–Kier alpha value is -1.68. The summed E-state index contributed by atoms with van der Waals surface area (Å²) >= 11 is 0. The molecule has 4 nitrogen and oxygen atoms in total. The Morgan fingerprint density at radius 3 is 2.47 bits per heavy atom. The van der Waals surface area contributed by atoms with Crippen molar-refractivity contribution in [2.75, 3.05) is 0 Å². The molecule has 1 aliphatic rings. The van der Waals surface area contributed by atoms with Gasteiger partial charge in [0.05, 0.1) is 0 Å². The Morgan fingerprint density at radius 2 is 2.00 bits per heavy atom. The lowest BCUT2D eigenvalue weighted by Gasteiger charge is -2.32. The highest BCUT2D eigenvalue weighted by molar-refractivity contribution is 5.99. The van der Waals surface area contributed by atoms with Crippen LogP contribution in [-0.2, 0) is 0 Å². The molecule has 0 bridgehead atoms. The molecule has 0 saturated heterocycles. The van der Waals surface area contributed by atoms with Gasteiger partial charge in [-0.2, -0.15) is 5.10 Å². The largest absolute Gasteiger partial charge is 0.369 e. The van der Waals surface area contributed by atoms with E-state index in [1.54, 1.807) is 6.92 Å². The number of benzene rings is 1. The summed E-state index contributed by atoms with van der Waals surface area (Å²) < 4.78 is 0. The minimum Gasteiger partial charge on any atom is -0.369 e. The number of hydrogen-bond donors (Lipinski definition) is 2. The molecule has 0 aromatic heterocycles. The van der Waals surface area contributed by atoms with Gasteiger partial charge in [0.1, 0.15) is 0 Å². The van der Waals surface area contributed by atoms with Gasteiger partial charge in [0, 0.05) is 17.2 Å². The molecule has 1 aromatic rings. The van der Waals surface area contributed by atoms with Crippen molar-refractivity contribution in [1.82, 2.24) is 5.01 Å². The van der Waals surface area contributed by atoms with Crippen molar-refractivity contribution in [3.05, 3.63) is 35.9 Å². The van der Waals surface area contributed by atoms with E-state index in [0.717, 1.165) is 11.3 Å². The first-order valence-corrected chi connectivity index (χ1v) is 5.66. The Bertz CT molecular complexity index is 465. The van der Waals surface area contributed by atoms with Crippen molar-refractivity contribution in [3.63, 3.8) is 0 Å². The standard InChI is InChI=1S/C13H17N3O/c1-9-10(2)15-16(13(9,3)17)12(14)11-7-5-4-6-8-11/h4-9,14,17H,1-3H3/t9-,13-/m0/s1. The van der Waals surface area contributed by atoms with Crippen molar-refractivity contribution in [1.29, 1.82) is 5.41 Å². The van der Waals surface area contributed by atoms with Gasteiger partial charge in [0.2, 0.25) is 0 Å². The first kappa shape index (κ1) is 11.8. The molecule has 1 aromatic carbocycles. The summed E-state index contributed by atoms with van der Waals surface area (Å²) in [5.41, 5.74) is 0.464. The molecule has 0 unspecified atom stereocenters. The summed E-state index contributed by atoms with van der Waals surface area (Å²) in [6, 6.07) is 9.32. The van der Waals surface area contributed by atoms with Gasteiger partial charge in [-0.05, 0) is 13.8 Å². The summed E-state index contributed by atoms with van der Waals surface area (Å²) in [7, 11) is 0. The first-order chi connectivity index (χ1) is 7.94. The van der Waals surface area contributed by atoms with Crippen molar-refractivity contribution in [2.24, 2.45) is 11.0 Å². The van der Waals surface area contributed by atoms with Crippen molar-refractivity contribution >= 4 is 11.5 Å². The third kappa shape index (κ3) is 1.85. The zero-order valence-corrected chi connectivity index (χ0v) is 10.3. The van der Waals surface area contributed by atoms with Gasteiger partial charge in [0.25, 0.3) is 0 Å². The monoisotopic (exact) mass is 231 g/mol. The minimum absolute atomic E-state index is 0.0773. The summed E-state index contributed by atoms with van der Waals surface area (Å²) in [4.78, 5) is 0. The van der Waals surface area contributed by atoms with Crippen LogP contribution in [0.4, 0.5) is 0 Å². The number of aliphatic hydroxyl groups is 1. The molecule has 2 rings (SSSR count). The van der Waals surface area contributed by atoms with Crippen LogP contribution >= 0.6 is 0 Å². The summed E-state index contributed by atoms with van der Waals surface area (Å²) in [5, 5.41) is 24.2. The van der Waals surface area contributed by atoms with E-state index < -0.39 is 5.72 Å². The Balaban J connectivity index is 2.34. The van der Waals surface area contributed by atoms with Crippen LogP contribution in [0.1, 0.15) is 26.3 Å². The molecule has 0 saturated carbocycles. The van der Waals surface area contributed by atoms with Crippen molar-refractivity contribution in [2.45, 2.75) is 26.5 Å². The van der Waals surface area contributed by atoms with Crippen LogP contribution in [0.25, 0.3) is 0 Å². The summed E-state index contributed by atoms with van der Waals surface area (Å²) in [5.74, 6) is 0.144. The molecule has 0 spiro atoms. The predicted molar refractivity (Wildman–Crippen MR) is 68.0 cm³/mol. The Kier molecular flexibility index (Phi) is 2.75. The highest BCUT2D eigenvalue weighted by atomic mass is 16.3. The Labute approximate surface area is 101 Å². The maximum atomic E-state index is 10.4. The number of nitrogens with one attached hydrogen (secondary N) is 1. The average Bonchev–Trinajstić information content (AvgIpc) is 2.53. The number of hydrogen-bond acceptors (Lipinski definition) is 3. The topological polar surface area (TPSA) is 59.7 Å². The zero-order chi connectivity index (χ0) is 12.6. The van der Waals surface area contributed by atoms with Gasteiger partial charge in [-0.25, -0.2) is 5.01 Å². The lowest BCUT2D eigenvalue weighted by atomic mass is 9.96. The van der Waals surface area contributed by atoms with Crippen molar-refractivity contribution < 1.29 is 5.11 Å². The van der Waals surface area contributed by atoms with Crippen LogP contribution in [-0.4, -0.2) is 27.4 Å². The van der Waals surface area contributed by atoms with E-state index in [4.69, 9.17) is 5.41 Å². The van der Waals surface area contributed by atoms with Crippen LogP contribution in [0.5, 0.6) is 0 Å². The lowest BCUT2D eigenvalue weighted by Crippen LogP contribution is -2.47. The number of rotatable bonds is 1. The third-order valence-corrected chi connectivity index (χ3v) is 3.39. The number of hydrazone groups is 1. The highest BCUT2D eigenvalue weighted by Crippen LogP contribution is 2.31. The Morgan fingerprint density at radius 1 is 1.41 bits per heavy atom. The fourth-order valence-electron chi connectivity index (χ4n) is 1.92. The second-order valence-corrected chi connectivity index (χ2v) is 4.58. The molecule has 1 heterocycles. The van der Waals surface area contributed by atoms with E-state index >= 15 is 0 Å². The lowest BCUT2D eigenvalue weighted by molar-refractivity contribution is -0.0609. The average molecular weight is 231 g/mol. The SMILES string of the molecule is CC1=NN(C(=N)c2ccccc2)[C@@](C)(O)[C@H]1C. The van der Waals surface area contributed by atoms with Crippen LogP contribution in [0.3, 0.4) is 0 Å². The van der Waals surface area contributed by atoms with Crippen LogP contribution < -0.4 is 0 Å². The molecule has 0 aliphatic carbocycles. The van der Waals surface area contributed by atoms with E-state index in [1.807, 2.05) is 44.2 Å². The quantitative estimate of drug-likeness (QED) is 0.574. The molecule has 90 valence electrons. The summed E-state index contributed by atoms with van der Waals surface area (Å²) in [6.45, 7) is 5.48. The van der Waals surface area contributed by atoms with E-state index in [9.17, 15) is 5.11 Å². The molecule has 4 heteroatoms. The number of amidine groups is 1. The first-order valence-electron chi connectivity index (χ1n) is 5.66. The molecule has 0 amide bonds. The number of nitrogens with zero attached hydrogens (tertiary/aromatic N) is 2. The molecule has 2 atom stereocenters. The smallest absolute Gasteiger partial charge is 0.165 e. The molecular weight excluding hydrogens is 214 g/mol. The van der Waals surface area contributed by atoms with E-state index in [-0.39, 0.29) is 11.8 Å². The van der Waals surface area contributed by atoms with Crippen LogP contribution in [0, 0.1) is 11.3 Å². The maximum Gasteiger partial charge on any atom is 0.165 e. The predicted octanol–water partition coefficient (Wildman–Crippen LogP) is 2.05. The van der Waals surface area contributed by atoms with E-state index in [0.29, 0.717) is 0 Å².